The minimum absolute atomic E-state index is 0.179. The topological polar surface area (TPSA) is 95.1 Å². The van der Waals surface area contributed by atoms with Crippen LogP contribution in [-0.4, -0.2) is 27.2 Å². The first-order valence-electron chi connectivity index (χ1n) is 7.22. The van der Waals surface area contributed by atoms with Crippen LogP contribution in [0.3, 0.4) is 0 Å². The normalized spacial score (nSPS) is 11.9. The van der Waals surface area contributed by atoms with E-state index in [9.17, 15) is 9.59 Å². The maximum atomic E-state index is 12.2. The fourth-order valence-electron chi connectivity index (χ4n) is 2.22. The number of carboxylic acids is 1. The Morgan fingerprint density at radius 1 is 1.32 bits per heavy atom. The number of hydrogen-bond donors (Lipinski definition) is 3. The third-order valence-corrected chi connectivity index (χ3v) is 3.27. The molecule has 2 rings (SSSR count). The molecule has 0 aliphatic rings. The van der Waals surface area contributed by atoms with Gasteiger partial charge in [0.2, 0.25) is 0 Å². The number of aromatic amines is 1. The maximum Gasteiger partial charge on any atom is 0.305 e. The highest BCUT2D eigenvalue weighted by atomic mass is 16.4. The molecule has 1 aromatic carbocycles. The highest BCUT2D eigenvalue weighted by Gasteiger charge is 2.20. The SMILES string of the molecule is CCCc1cc(C(=O)N[C@H](CC(=O)O)c2ccccc2)n[nH]1. The summed E-state index contributed by atoms with van der Waals surface area (Å²) in [6.45, 7) is 2.04. The molecule has 0 aliphatic carbocycles. The van der Waals surface area contributed by atoms with Crippen LogP contribution in [0, 0.1) is 0 Å². The molecule has 0 saturated carbocycles. The van der Waals surface area contributed by atoms with Crippen molar-refractivity contribution >= 4 is 11.9 Å². The maximum absolute atomic E-state index is 12.2. The third kappa shape index (κ3) is 4.18. The van der Waals surface area contributed by atoms with Crippen LogP contribution in [0.1, 0.15) is 47.6 Å². The Hall–Kier alpha value is -2.63. The second kappa shape index (κ2) is 7.40. The molecule has 0 bridgehead atoms. The summed E-state index contributed by atoms with van der Waals surface area (Å²) >= 11 is 0. The van der Waals surface area contributed by atoms with Gasteiger partial charge in [-0.2, -0.15) is 5.10 Å². The van der Waals surface area contributed by atoms with E-state index in [1.54, 1.807) is 18.2 Å². The molecular formula is C16H19N3O3. The van der Waals surface area contributed by atoms with E-state index in [1.165, 1.54) is 0 Å². The molecule has 6 heteroatoms. The zero-order valence-electron chi connectivity index (χ0n) is 12.4. The number of aromatic nitrogens is 2. The van der Waals surface area contributed by atoms with Gasteiger partial charge < -0.3 is 10.4 Å². The van der Waals surface area contributed by atoms with E-state index in [4.69, 9.17) is 5.11 Å². The Morgan fingerprint density at radius 3 is 2.68 bits per heavy atom. The molecule has 0 spiro atoms. The van der Waals surface area contributed by atoms with Crippen molar-refractivity contribution in [3.8, 4) is 0 Å². The molecule has 0 aliphatic heterocycles. The van der Waals surface area contributed by atoms with Crippen molar-refractivity contribution in [1.29, 1.82) is 0 Å². The molecule has 1 heterocycles. The molecule has 0 saturated heterocycles. The van der Waals surface area contributed by atoms with Crippen molar-refractivity contribution in [2.45, 2.75) is 32.2 Å². The summed E-state index contributed by atoms with van der Waals surface area (Å²) in [6, 6.07) is 10.2. The van der Waals surface area contributed by atoms with Gasteiger partial charge in [-0.05, 0) is 18.1 Å². The summed E-state index contributed by atoms with van der Waals surface area (Å²) in [6.07, 6.45) is 1.59. The van der Waals surface area contributed by atoms with E-state index in [0.29, 0.717) is 0 Å². The number of aryl methyl sites for hydroxylation is 1. The van der Waals surface area contributed by atoms with Crippen molar-refractivity contribution in [3.05, 3.63) is 53.3 Å². The van der Waals surface area contributed by atoms with Gasteiger partial charge in [-0.25, -0.2) is 0 Å². The van der Waals surface area contributed by atoms with E-state index in [1.807, 2.05) is 25.1 Å². The van der Waals surface area contributed by atoms with Crippen LogP contribution in [-0.2, 0) is 11.2 Å². The predicted octanol–water partition coefficient (Wildman–Crippen LogP) is 2.31. The highest BCUT2D eigenvalue weighted by Crippen LogP contribution is 2.17. The number of carbonyl (C=O) groups is 2. The summed E-state index contributed by atoms with van der Waals surface area (Å²) in [7, 11) is 0. The van der Waals surface area contributed by atoms with Crippen molar-refractivity contribution in [1.82, 2.24) is 15.5 Å². The number of aliphatic carboxylic acids is 1. The summed E-state index contributed by atoms with van der Waals surface area (Å²) in [4.78, 5) is 23.3. The lowest BCUT2D eigenvalue weighted by Crippen LogP contribution is -2.30. The van der Waals surface area contributed by atoms with Gasteiger partial charge in [-0.1, -0.05) is 43.7 Å². The lowest BCUT2D eigenvalue weighted by molar-refractivity contribution is -0.137. The fraction of sp³-hybridized carbons (Fsp3) is 0.312. The molecular weight excluding hydrogens is 282 g/mol. The molecule has 0 unspecified atom stereocenters. The highest BCUT2D eigenvalue weighted by molar-refractivity contribution is 5.92. The molecule has 0 fully saturated rings. The van der Waals surface area contributed by atoms with Gasteiger partial charge in [0.25, 0.3) is 5.91 Å². The number of benzene rings is 1. The van der Waals surface area contributed by atoms with Gasteiger partial charge in [0.1, 0.15) is 5.69 Å². The molecule has 1 atom stereocenters. The van der Waals surface area contributed by atoms with Crippen LogP contribution in [0.2, 0.25) is 0 Å². The molecule has 116 valence electrons. The lowest BCUT2D eigenvalue weighted by atomic mass is 10.0. The Labute approximate surface area is 128 Å². The molecule has 1 aromatic heterocycles. The predicted molar refractivity (Wildman–Crippen MR) is 81.5 cm³/mol. The van der Waals surface area contributed by atoms with Crippen LogP contribution >= 0.6 is 0 Å². The minimum atomic E-state index is -0.970. The van der Waals surface area contributed by atoms with Crippen molar-refractivity contribution < 1.29 is 14.7 Å². The summed E-state index contributed by atoms with van der Waals surface area (Å²) in [5.74, 6) is -1.35. The molecule has 3 N–H and O–H groups in total. The van der Waals surface area contributed by atoms with E-state index in [2.05, 4.69) is 15.5 Å². The quantitative estimate of drug-likeness (QED) is 0.731. The molecule has 1 amide bonds. The molecule has 2 aromatic rings. The van der Waals surface area contributed by atoms with Crippen LogP contribution in [0.15, 0.2) is 36.4 Å². The number of H-pyrrole nitrogens is 1. The number of nitrogens with one attached hydrogen (secondary N) is 2. The number of amides is 1. The molecule has 6 nitrogen and oxygen atoms in total. The summed E-state index contributed by atoms with van der Waals surface area (Å²) in [5, 5.41) is 18.6. The average Bonchev–Trinajstić information content (AvgIpc) is 2.96. The van der Waals surface area contributed by atoms with Crippen molar-refractivity contribution in [2.24, 2.45) is 0 Å². The van der Waals surface area contributed by atoms with Crippen LogP contribution in [0.4, 0.5) is 0 Å². The largest absolute Gasteiger partial charge is 0.481 e. The second-order valence-electron chi connectivity index (χ2n) is 5.06. The van der Waals surface area contributed by atoms with Crippen LogP contribution in [0.5, 0.6) is 0 Å². The van der Waals surface area contributed by atoms with E-state index >= 15 is 0 Å². The monoisotopic (exact) mass is 301 g/mol. The van der Waals surface area contributed by atoms with E-state index < -0.39 is 12.0 Å². The van der Waals surface area contributed by atoms with Gasteiger partial charge in [0.15, 0.2) is 0 Å². The first kappa shape index (κ1) is 15.8. The standard InChI is InChI=1S/C16H19N3O3/c1-2-6-12-9-14(19-18-12)16(22)17-13(10-15(20)21)11-7-4-3-5-8-11/h3-5,7-9,13H,2,6,10H2,1H3,(H,17,22)(H,18,19)(H,20,21)/t13-/m1/s1. The number of hydrogen-bond acceptors (Lipinski definition) is 3. The second-order valence-corrected chi connectivity index (χ2v) is 5.06. The number of nitrogens with zero attached hydrogens (tertiary/aromatic N) is 1. The summed E-state index contributed by atoms with van der Waals surface area (Å²) in [5.41, 5.74) is 1.92. The third-order valence-electron chi connectivity index (χ3n) is 3.27. The lowest BCUT2D eigenvalue weighted by Gasteiger charge is -2.16. The fourth-order valence-corrected chi connectivity index (χ4v) is 2.22. The minimum Gasteiger partial charge on any atom is -0.481 e. The van der Waals surface area contributed by atoms with Gasteiger partial charge in [-0.15, -0.1) is 0 Å². The van der Waals surface area contributed by atoms with Crippen LogP contribution < -0.4 is 5.32 Å². The summed E-state index contributed by atoms with van der Waals surface area (Å²) < 4.78 is 0. The van der Waals surface area contributed by atoms with Gasteiger partial charge >= 0.3 is 5.97 Å². The Balaban J connectivity index is 2.12. The van der Waals surface area contributed by atoms with E-state index in [0.717, 1.165) is 24.1 Å². The Morgan fingerprint density at radius 2 is 2.05 bits per heavy atom. The van der Waals surface area contributed by atoms with Crippen molar-refractivity contribution in [2.75, 3.05) is 0 Å². The molecule has 22 heavy (non-hydrogen) atoms. The number of rotatable bonds is 7. The first-order chi connectivity index (χ1) is 10.6. The number of carbonyl (C=O) groups excluding carboxylic acids is 1. The van der Waals surface area contributed by atoms with Gasteiger partial charge in [0.05, 0.1) is 12.5 Å². The van der Waals surface area contributed by atoms with E-state index in [-0.39, 0.29) is 18.0 Å². The zero-order chi connectivity index (χ0) is 15.9. The smallest absolute Gasteiger partial charge is 0.305 e. The zero-order valence-corrected chi connectivity index (χ0v) is 12.4. The Kier molecular flexibility index (Phi) is 5.30. The average molecular weight is 301 g/mol. The van der Waals surface area contributed by atoms with Gasteiger partial charge in [-0.3, -0.25) is 14.7 Å². The van der Waals surface area contributed by atoms with Crippen molar-refractivity contribution in [3.63, 3.8) is 0 Å². The van der Waals surface area contributed by atoms with Gasteiger partial charge in [0, 0.05) is 5.69 Å². The Bertz CT molecular complexity index is 637. The number of carboxylic acid groups (broad SMARTS) is 1. The first-order valence-corrected chi connectivity index (χ1v) is 7.22. The van der Waals surface area contributed by atoms with Crippen LogP contribution in [0.25, 0.3) is 0 Å². The molecule has 0 radical (unpaired) electrons.